The molecule has 0 aliphatic carbocycles. The summed E-state index contributed by atoms with van der Waals surface area (Å²) in [6, 6.07) is 28.8. The van der Waals surface area contributed by atoms with Crippen molar-refractivity contribution in [3.05, 3.63) is 95.0 Å². The van der Waals surface area contributed by atoms with Crippen LogP contribution in [0.3, 0.4) is 0 Å². The van der Waals surface area contributed by atoms with Crippen molar-refractivity contribution in [2.45, 2.75) is 0 Å². The monoisotopic (exact) mass is 361 g/mol. The van der Waals surface area contributed by atoms with Gasteiger partial charge in [-0.15, -0.1) is 0 Å². The zero-order valence-electron chi connectivity index (χ0n) is 12.6. The van der Waals surface area contributed by atoms with Gasteiger partial charge in [0.25, 0.3) is 0 Å². The van der Waals surface area contributed by atoms with Gasteiger partial charge in [-0.1, -0.05) is 72.8 Å². The summed E-state index contributed by atoms with van der Waals surface area (Å²) >= 11 is 3.54. The molecule has 3 aromatic carbocycles. The first kappa shape index (κ1) is 15.4. The van der Waals surface area contributed by atoms with Gasteiger partial charge in [0.2, 0.25) is 0 Å². The van der Waals surface area contributed by atoms with Gasteiger partial charge >= 0.3 is 0 Å². The fourth-order valence-electron chi connectivity index (χ4n) is 2.25. The van der Waals surface area contributed by atoms with Gasteiger partial charge in [-0.05, 0) is 50.8 Å². The lowest BCUT2D eigenvalue weighted by molar-refractivity contribution is 1.53. The largest absolute Gasteiger partial charge is 0.256 e. The van der Waals surface area contributed by atoms with Crippen LogP contribution in [0.2, 0.25) is 0 Å². The van der Waals surface area contributed by atoms with E-state index in [4.69, 9.17) is 0 Å². The van der Waals surface area contributed by atoms with Gasteiger partial charge < -0.3 is 0 Å². The lowest BCUT2D eigenvalue weighted by Crippen LogP contribution is -1.77. The van der Waals surface area contributed by atoms with Gasteiger partial charge in [-0.3, -0.25) is 4.99 Å². The molecular weight excluding hydrogens is 346 g/mol. The molecule has 0 radical (unpaired) electrons. The Kier molecular flexibility index (Phi) is 5.17. The molecule has 23 heavy (non-hydrogen) atoms. The standard InChI is InChI=1S/C21H16BrN/c22-20(15-17-7-3-1-4-8-17)16-23-21-13-11-19(12-14-21)18-9-5-2-6-10-18/h1-16H/b20-15+,23-16?. The van der Waals surface area contributed by atoms with Crippen molar-refractivity contribution in [1.82, 2.24) is 0 Å². The summed E-state index contributed by atoms with van der Waals surface area (Å²) in [4.78, 5) is 4.50. The second kappa shape index (κ2) is 7.70. The topological polar surface area (TPSA) is 12.4 Å². The minimum absolute atomic E-state index is 0.933. The fraction of sp³-hybridized carbons (Fsp3) is 0. The molecule has 0 heterocycles. The molecule has 0 N–H and O–H groups in total. The van der Waals surface area contributed by atoms with Gasteiger partial charge in [0.15, 0.2) is 0 Å². The third-order valence-electron chi connectivity index (χ3n) is 3.42. The highest BCUT2D eigenvalue weighted by Gasteiger charge is 1.96. The number of hydrogen-bond acceptors (Lipinski definition) is 1. The van der Waals surface area contributed by atoms with Crippen molar-refractivity contribution >= 4 is 33.9 Å². The fourth-order valence-corrected chi connectivity index (χ4v) is 2.62. The molecule has 0 atom stereocenters. The molecule has 0 saturated heterocycles. The first-order valence-electron chi connectivity index (χ1n) is 7.43. The maximum atomic E-state index is 4.50. The number of hydrogen-bond donors (Lipinski definition) is 0. The molecule has 3 rings (SSSR count). The summed E-state index contributed by atoms with van der Waals surface area (Å²) in [6.45, 7) is 0. The quantitative estimate of drug-likeness (QED) is 0.470. The van der Waals surface area contributed by atoms with Crippen molar-refractivity contribution < 1.29 is 0 Å². The SMILES string of the molecule is Br/C(C=Nc1ccc(-c2ccccc2)cc1)=C/c1ccccc1. The highest BCUT2D eigenvalue weighted by Crippen LogP contribution is 2.22. The molecule has 0 aliphatic rings. The molecule has 0 amide bonds. The molecule has 112 valence electrons. The number of rotatable bonds is 4. The average Bonchev–Trinajstić information content (AvgIpc) is 2.62. The van der Waals surface area contributed by atoms with Gasteiger partial charge in [0.1, 0.15) is 0 Å². The van der Waals surface area contributed by atoms with Crippen LogP contribution in [-0.2, 0) is 0 Å². The minimum Gasteiger partial charge on any atom is -0.256 e. The summed E-state index contributed by atoms with van der Waals surface area (Å²) in [5.74, 6) is 0. The molecule has 0 aromatic heterocycles. The lowest BCUT2D eigenvalue weighted by Gasteiger charge is -2.01. The Labute approximate surface area is 145 Å². The zero-order chi connectivity index (χ0) is 15.9. The van der Waals surface area contributed by atoms with E-state index in [0.29, 0.717) is 0 Å². The third kappa shape index (κ3) is 4.51. The Morgan fingerprint density at radius 1 is 0.696 bits per heavy atom. The van der Waals surface area contributed by atoms with E-state index in [2.05, 4.69) is 57.3 Å². The normalized spacial score (nSPS) is 11.8. The average molecular weight is 362 g/mol. The molecule has 0 unspecified atom stereocenters. The first-order valence-corrected chi connectivity index (χ1v) is 8.22. The second-order valence-corrected chi connectivity index (χ2v) is 6.03. The van der Waals surface area contributed by atoms with Crippen molar-refractivity contribution in [3.8, 4) is 11.1 Å². The molecular formula is C21H16BrN. The van der Waals surface area contributed by atoms with E-state index in [-0.39, 0.29) is 0 Å². The number of benzene rings is 3. The Morgan fingerprint density at radius 2 is 1.26 bits per heavy atom. The number of aliphatic imine (C=N–C) groups is 1. The maximum absolute atomic E-state index is 4.50. The van der Waals surface area contributed by atoms with Gasteiger partial charge in [-0.25, -0.2) is 0 Å². The van der Waals surface area contributed by atoms with Crippen LogP contribution in [0.25, 0.3) is 17.2 Å². The van der Waals surface area contributed by atoms with E-state index in [9.17, 15) is 0 Å². The van der Waals surface area contributed by atoms with Crippen molar-refractivity contribution in [1.29, 1.82) is 0 Å². The van der Waals surface area contributed by atoms with Crippen molar-refractivity contribution in [3.63, 3.8) is 0 Å². The first-order chi connectivity index (χ1) is 11.3. The van der Waals surface area contributed by atoms with Gasteiger partial charge in [0, 0.05) is 10.7 Å². The molecule has 3 aromatic rings. The summed E-state index contributed by atoms with van der Waals surface area (Å²) in [7, 11) is 0. The Morgan fingerprint density at radius 3 is 1.91 bits per heavy atom. The minimum atomic E-state index is 0.933. The molecule has 0 saturated carbocycles. The van der Waals surface area contributed by atoms with Crippen LogP contribution in [0.15, 0.2) is 94.4 Å². The van der Waals surface area contributed by atoms with Crippen LogP contribution in [0.1, 0.15) is 5.56 Å². The van der Waals surface area contributed by atoms with E-state index in [1.807, 2.05) is 60.8 Å². The van der Waals surface area contributed by atoms with E-state index >= 15 is 0 Å². The van der Waals surface area contributed by atoms with Gasteiger partial charge in [0.05, 0.1) is 5.69 Å². The molecule has 0 bridgehead atoms. The predicted molar refractivity (Wildman–Crippen MR) is 103 cm³/mol. The summed E-state index contributed by atoms with van der Waals surface area (Å²) in [5, 5.41) is 0. The number of nitrogens with zero attached hydrogens (tertiary/aromatic N) is 1. The summed E-state index contributed by atoms with van der Waals surface area (Å²) in [5.41, 5.74) is 4.49. The van der Waals surface area contributed by atoms with Crippen LogP contribution in [0.5, 0.6) is 0 Å². The highest BCUT2D eigenvalue weighted by molar-refractivity contribution is 9.12. The van der Waals surface area contributed by atoms with Crippen LogP contribution >= 0.6 is 15.9 Å². The van der Waals surface area contributed by atoms with Crippen LogP contribution in [0, 0.1) is 0 Å². The molecule has 1 nitrogen and oxygen atoms in total. The second-order valence-electron chi connectivity index (χ2n) is 5.11. The van der Waals surface area contributed by atoms with Crippen molar-refractivity contribution in [2.75, 3.05) is 0 Å². The van der Waals surface area contributed by atoms with Crippen LogP contribution < -0.4 is 0 Å². The summed E-state index contributed by atoms with van der Waals surface area (Å²) < 4.78 is 0.941. The lowest BCUT2D eigenvalue weighted by atomic mass is 10.1. The van der Waals surface area contributed by atoms with E-state index < -0.39 is 0 Å². The molecule has 0 spiro atoms. The van der Waals surface area contributed by atoms with E-state index in [1.165, 1.54) is 11.1 Å². The van der Waals surface area contributed by atoms with Crippen LogP contribution in [-0.4, -0.2) is 6.21 Å². The summed E-state index contributed by atoms with van der Waals surface area (Å²) in [6.07, 6.45) is 3.87. The Hall–Kier alpha value is -2.45. The third-order valence-corrected chi connectivity index (χ3v) is 3.85. The smallest absolute Gasteiger partial charge is 0.0630 e. The number of halogens is 1. The van der Waals surface area contributed by atoms with E-state index in [1.54, 1.807) is 0 Å². The van der Waals surface area contributed by atoms with Crippen molar-refractivity contribution in [2.24, 2.45) is 4.99 Å². The van der Waals surface area contributed by atoms with Crippen LogP contribution in [0.4, 0.5) is 5.69 Å². The zero-order valence-corrected chi connectivity index (χ0v) is 14.1. The molecule has 0 aliphatic heterocycles. The van der Waals surface area contributed by atoms with Gasteiger partial charge in [-0.2, -0.15) is 0 Å². The number of allylic oxidation sites excluding steroid dienone is 1. The highest BCUT2D eigenvalue weighted by atomic mass is 79.9. The Balaban J connectivity index is 1.72. The predicted octanol–water partition coefficient (Wildman–Crippen LogP) is 6.49. The maximum Gasteiger partial charge on any atom is 0.0630 e. The Bertz CT molecular complexity index is 803. The van der Waals surface area contributed by atoms with E-state index in [0.717, 1.165) is 15.7 Å². The molecule has 2 heteroatoms. The molecule has 0 fully saturated rings.